The maximum absolute atomic E-state index is 12.9. The third-order valence-corrected chi connectivity index (χ3v) is 6.01. The van der Waals surface area contributed by atoms with Crippen molar-refractivity contribution in [1.29, 1.82) is 0 Å². The van der Waals surface area contributed by atoms with Crippen LogP contribution in [-0.4, -0.2) is 51.7 Å². The van der Waals surface area contributed by atoms with E-state index in [0.29, 0.717) is 44.6 Å². The fraction of sp³-hybridized carbons (Fsp3) is 0.360. The fourth-order valence-corrected chi connectivity index (χ4v) is 4.17. The minimum Gasteiger partial charge on any atom is -0.497 e. The van der Waals surface area contributed by atoms with Crippen LogP contribution in [0.25, 0.3) is 0 Å². The predicted octanol–water partition coefficient (Wildman–Crippen LogP) is 2.31. The number of ether oxygens (including phenoxy) is 1. The number of carbonyl (C=O) groups is 2. The van der Waals surface area contributed by atoms with Crippen molar-refractivity contribution in [2.75, 3.05) is 20.2 Å². The van der Waals surface area contributed by atoms with Crippen LogP contribution in [0.4, 0.5) is 0 Å². The summed E-state index contributed by atoms with van der Waals surface area (Å²) in [6, 6.07) is 13.1. The van der Waals surface area contributed by atoms with E-state index in [4.69, 9.17) is 4.74 Å². The molecule has 2 aromatic heterocycles. The second-order valence-corrected chi connectivity index (χ2v) is 8.13. The molecule has 0 saturated heterocycles. The van der Waals surface area contributed by atoms with E-state index in [9.17, 15) is 9.59 Å². The number of nitrogens with one attached hydrogen (secondary N) is 1. The largest absolute Gasteiger partial charge is 0.497 e. The number of aryl methyl sites for hydroxylation is 2. The summed E-state index contributed by atoms with van der Waals surface area (Å²) < 4.78 is 7.10. The fourth-order valence-electron chi connectivity index (χ4n) is 4.17. The molecule has 1 N–H and O–H groups in total. The standard InChI is InChI=1S/C25H29N5O3/c1-29-23-13-16-30(24(31)11-8-18-6-9-19(33-2)10-7-18)17-20(23)21(28-29)12-15-27-25(32)22-5-3-4-14-26-22/h3-7,9-10,14H,8,11-13,15-17H2,1-2H3,(H,27,32). The second kappa shape index (κ2) is 10.3. The van der Waals surface area contributed by atoms with Crippen molar-refractivity contribution in [3.63, 3.8) is 0 Å². The number of hydrogen-bond acceptors (Lipinski definition) is 5. The number of fused-ring (bicyclic) bond motifs is 1. The first-order valence-electron chi connectivity index (χ1n) is 11.2. The Morgan fingerprint density at radius 2 is 1.94 bits per heavy atom. The topological polar surface area (TPSA) is 89.3 Å². The second-order valence-electron chi connectivity index (χ2n) is 8.13. The molecule has 33 heavy (non-hydrogen) atoms. The van der Waals surface area contributed by atoms with Gasteiger partial charge in [-0.3, -0.25) is 19.3 Å². The lowest BCUT2D eigenvalue weighted by Crippen LogP contribution is -2.36. The SMILES string of the molecule is COc1ccc(CCC(=O)N2CCc3c(c(CCNC(=O)c4ccccn4)nn3C)C2)cc1. The number of rotatable bonds is 8. The van der Waals surface area contributed by atoms with Crippen LogP contribution in [0.1, 0.15) is 39.4 Å². The van der Waals surface area contributed by atoms with Gasteiger partial charge >= 0.3 is 0 Å². The quantitative estimate of drug-likeness (QED) is 0.572. The number of methoxy groups -OCH3 is 1. The van der Waals surface area contributed by atoms with Gasteiger partial charge in [0.15, 0.2) is 0 Å². The van der Waals surface area contributed by atoms with E-state index in [-0.39, 0.29) is 11.8 Å². The number of carbonyl (C=O) groups excluding carboxylic acids is 2. The van der Waals surface area contributed by atoms with Crippen molar-refractivity contribution >= 4 is 11.8 Å². The molecule has 172 valence electrons. The Balaban J connectivity index is 1.33. The summed E-state index contributed by atoms with van der Waals surface area (Å²) in [6.07, 6.45) is 4.16. The lowest BCUT2D eigenvalue weighted by atomic mass is 10.0. The third-order valence-electron chi connectivity index (χ3n) is 6.01. The lowest BCUT2D eigenvalue weighted by molar-refractivity contribution is -0.132. The molecule has 0 saturated carbocycles. The van der Waals surface area contributed by atoms with Crippen molar-refractivity contribution in [2.24, 2.45) is 7.05 Å². The molecule has 0 atom stereocenters. The molecule has 4 rings (SSSR count). The summed E-state index contributed by atoms with van der Waals surface area (Å²) in [5.41, 5.74) is 4.72. The Morgan fingerprint density at radius 1 is 1.12 bits per heavy atom. The Labute approximate surface area is 193 Å². The van der Waals surface area contributed by atoms with Gasteiger partial charge in [0, 0.05) is 63.4 Å². The van der Waals surface area contributed by atoms with Crippen LogP contribution in [0.5, 0.6) is 5.75 Å². The smallest absolute Gasteiger partial charge is 0.269 e. The van der Waals surface area contributed by atoms with Crippen LogP contribution in [0.3, 0.4) is 0 Å². The summed E-state index contributed by atoms with van der Waals surface area (Å²) in [4.78, 5) is 31.1. The molecule has 2 amide bonds. The molecule has 8 nitrogen and oxygen atoms in total. The maximum Gasteiger partial charge on any atom is 0.269 e. The maximum atomic E-state index is 12.9. The van der Waals surface area contributed by atoms with Crippen molar-refractivity contribution in [3.8, 4) is 5.75 Å². The zero-order chi connectivity index (χ0) is 23.2. The van der Waals surface area contributed by atoms with Gasteiger partial charge in [-0.05, 0) is 36.2 Å². The zero-order valence-corrected chi connectivity index (χ0v) is 19.1. The Bertz CT molecular complexity index is 1110. The van der Waals surface area contributed by atoms with Crippen LogP contribution in [0.2, 0.25) is 0 Å². The van der Waals surface area contributed by atoms with Gasteiger partial charge in [-0.2, -0.15) is 5.10 Å². The minimum absolute atomic E-state index is 0.148. The number of hydrogen-bond donors (Lipinski definition) is 1. The first-order chi connectivity index (χ1) is 16.0. The highest BCUT2D eigenvalue weighted by molar-refractivity contribution is 5.92. The molecule has 1 aromatic carbocycles. The average Bonchev–Trinajstić information content (AvgIpc) is 3.18. The molecule has 8 heteroatoms. The van der Waals surface area contributed by atoms with Crippen molar-refractivity contribution < 1.29 is 14.3 Å². The molecule has 0 bridgehead atoms. The molecule has 0 fully saturated rings. The highest BCUT2D eigenvalue weighted by atomic mass is 16.5. The van der Waals surface area contributed by atoms with E-state index in [2.05, 4.69) is 15.4 Å². The summed E-state index contributed by atoms with van der Waals surface area (Å²) in [6.45, 7) is 1.72. The number of amides is 2. The molecule has 3 aromatic rings. The Hall–Kier alpha value is -3.68. The first kappa shape index (κ1) is 22.5. The van der Waals surface area contributed by atoms with Gasteiger partial charge in [-0.15, -0.1) is 0 Å². The van der Waals surface area contributed by atoms with Crippen LogP contribution < -0.4 is 10.1 Å². The van der Waals surface area contributed by atoms with Crippen molar-refractivity contribution in [1.82, 2.24) is 25.0 Å². The van der Waals surface area contributed by atoms with Gasteiger partial charge in [0.2, 0.25) is 5.91 Å². The summed E-state index contributed by atoms with van der Waals surface area (Å²) >= 11 is 0. The van der Waals surface area contributed by atoms with Gasteiger partial charge in [0.1, 0.15) is 11.4 Å². The van der Waals surface area contributed by atoms with E-state index in [1.54, 1.807) is 31.5 Å². The molecule has 0 aliphatic carbocycles. The molecule has 1 aliphatic heterocycles. The summed E-state index contributed by atoms with van der Waals surface area (Å²) in [5, 5.41) is 7.57. The average molecular weight is 448 g/mol. The highest BCUT2D eigenvalue weighted by Crippen LogP contribution is 2.23. The molecule has 0 radical (unpaired) electrons. The minimum atomic E-state index is -0.198. The number of aromatic nitrogens is 3. The van der Waals surface area contributed by atoms with Crippen LogP contribution >= 0.6 is 0 Å². The van der Waals surface area contributed by atoms with E-state index in [1.165, 1.54) is 5.69 Å². The highest BCUT2D eigenvalue weighted by Gasteiger charge is 2.26. The summed E-state index contributed by atoms with van der Waals surface area (Å²) in [5.74, 6) is 0.763. The van der Waals surface area contributed by atoms with Gasteiger partial charge in [0.25, 0.3) is 5.91 Å². The van der Waals surface area contributed by atoms with E-state index < -0.39 is 0 Å². The van der Waals surface area contributed by atoms with E-state index in [1.807, 2.05) is 40.9 Å². The lowest BCUT2D eigenvalue weighted by Gasteiger charge is -2.28. The van der Waals surface area contributed by atoms with Crippen molar-refractivity contribution in [2.45, 2.75) is 32.2 Å². The number of benzene rings is 1. The van der Waals surface area contributed by atoms with Crippen LogP contribution in [-0.2, 0) is 37.6 Å². The predicted molar refractivity (Wildman–Crippen MR) is 124 cm³/mol. The van der Waals surface area contributed by atoms with Crippen LogP contribution in [0, 0.1) is 0 Å². The number of pyridine rings is 1. The van der Waals surface area contributed by atoms with Crippen molar-refractivity contribution in [3.05, 3.63) is 76.9 Å². The van der Waals surface area contributed by atoms with Gasteiger partial charge in [0.05, 0.1) is 12.8 Å². The molecular weight excluding hydrogens is 418 g/mol. The molecule has 1 aliphatic rings. The first-order valence-corrected chi connectivity index (χ1v) is 11.2. The normalized spacial score (nSPS) is 12.8. The molecular formula is C25H29N5O3. The molecule has 0 unspecified atom stereocenters. The van der Waals surface area contributed by atoms with E-state index >= 15 is 0 Å². The van der Waals surface area contributed by atoms with E-state index in [0.717, 1.165) is 29.0 Å². The molecule has 0 spiro atoms. The van der Waals surface area contributed by atoms with Gasteiger partial charge in [-0.1, -0.05) is 18.2 Å². The summed E-state index contributed by atoms with van der Waals surface area (Å²) in [7, 11) is 3.58. The van der Waals surface area contributed by atoms with Gasteiger partial charge < -0.3 is 15.0 Å². The van der Waals surface area contributed by atoms with Gasteiger partial charge in [-0.25, -0.2) is 0 Å². The monoisotopic (exact) mass is 447 g/mol. The Morgan fingerprint density at radius 3 is 2.67 bits per heavy atom. The molecule has 3 heterocycles. The third kappa shape index (κ3) is 5.39. The number of nitrogens with zero attached hydrogens (tertiary/aromatic N) is 4. The zero-order valence-electron chi connectivity index (χ0n) is 19.1. The Kier molecular flexibility index (Phi) is 7.02. The van der Waals surface area contributed by atoms with Crippen LogP contribution in [0.15, 0.2) is 48.7 Å².